The molecule has 5 amide bonds. The quantitative estimate of drug-likeness (QED) is 0.0747. The number of nitrogens with one attached hydrogen (secondary N) is 6. The fourth-order valence-electron chi connectivity index (χ4n) is 3.81. The topological polar surface area (TPSA) is 238 Å². The number of rotatable bonds is 20. The zero-order valence-electron chi connectivity index (χ0n) is 28.0. The SMILES string of the molecule is CC.CC.CCNC(=O)CNC(=O)C(Cc1ccccc1)NC(=O)CNC(=O)C(CCC(=O)NCC(O)C(O)C(O)CCO)NC. The van der Waals surface area contributed by atoms with Gasteiger partial charge in [0.15, 0.2) is 0 Å². The molecule has 15 heteroatoms. The van der Waals surface area contributed by atoms with Gasteiger partial charge in [-0.05, 0) is 32.4 Å². The maximum atomic E-state index is 12.7. The Labute approximate surface area is 272 Å². The van der Waals surface area contributed by atoms with E-state index >= 15 is 0 Å². The van der Waals surface area contributed by atoms with E-state index in [1.54, 1.807) is 31.2 Å². The molecule has 264 valence electrons. The highest BCUT2D eigenvalue weighted by Gasteiger charge is 2.26. The number of likely N-dealkylation sites (N-methyl/N-ethyl adjacent to an activating group) is 2. The van der Waals surface area contributed by atoms with Crippen LogP contribution in [0.2, 0.25) is 0 Å². The Kier molecular flexibility index (Phi) is 26.8. The van der Waals surface area contributed by atoms with Gasteiger partial charge in [-0.25, -0.2) is 0 Å². The third-order valence-corrected chi connectivity index (χ3v) is 6.20. The molecule has 10 N–H and O–H groups in total. The minimum Gasteiger partial charge on any atom is -0.396 e. The Bertz CT molecular complexity index is 1000. The zero-order chi connectivity index (χ0) is 35.5. The fraction of sp³-hybridized carbons (Fsp3) is 0.645. The van der Waals surface area contributed by atoms with E-state index in [1.165, 1.54) is 7.05 Å². The lowest BCUT2D eigenvalue weighted by Crippen LogP contribution is -2.53. The summed E-state index contributed by atoms with van der Waals surface area (Å²) < 4.78 is 0. The zero-order valence-corrected chi connectivity index (χ0v) is 28.0. The maximum Gasteiger partial charge on any atom is 0.243 e. The van der Waals surface area contributed by atoms with E-state index in [1.807, 2.05) is 33.8 Å². The van der Waals surface area contributed by atoms with Crippen molar-refractivity contribution < 1.29 is 44.4 Å². The maximum absolute atomic E-state index is 12.7. The average molecular weight is 657 g/mol. The van der Waals surface area contributed by atoms with Gasteiger partial charge < -0.3 is 52.3 Å². The van der Waals surface area contributed by atoms with Crippen LogP contribution in [0.4, 0.5) is 0 Å². The second-order valence-electron chi connectivity index (χ2n) is 9.52. The molecule has 0 aliphatic carbocycles. The minimum atomic E-state index is -1.56. The standard InChI is InChI=1S/C27H44N6O9.2C2H6/c1-3-29-23(38)15-31-27(42)19(13-17-7-5-4-6-8-17)33-24(39)16-32-26(41)18(28-2)9-10-22(37)30-14-21(36)25(40)20(35)11-12-34;2*1-2/h4-8,18-21,25,28,34-36,40H,3,9-16H2,1-2H3,(H,29,38)(H,30,37)(H,31,42)(H,32,41)(H,33,39);2*1-2H3. The first-order valence-corrected chi connectivity index (χ1v) is 15.8. The van der Waals surface area contributed by atoms with Crippen molar-refractivity contribution in [1.82, 2.24) is 31.9 Å². The van der Waals surface area contributed by atoms with Gasteiger partial charge in [0.25, 0.3) is 0 Å². The van der Waals surface area contributed by atoms with Crippen molar-refractivity contribution in [2.24, 2.45) is 0 Å². The van der Waals surface area contributed by atoms with Crippen molar-refractivity contribution in [3.8, 4) is 0 Å². The molecule has 5 unspecified atom stereocenters. The molecular weight excluding hydrogens is 600 g/mol. The summed E-state index contributed by atoms with van der Waals surface area (Å²) in [5.74, 6) is -2.67. The van der Waals surface area contributed by atoms with Crippen molar-refractivity contribution in [1.29, 1.82) is 0 Å². The Morgan fingerprint density at radius 1 is 0.717 bits per heavy atom. The molecule has 0 aliphatic heterocycles. The summed E-state index contributed by atoms with van der Waals surface area (Å²) in [5, 5.41) is 53.3. The summed E-state index contributed by atoms with van der Waals surface area (Å²) in [6.45, 7) is 8.72. The second-order valence-corrected chi connectivity index (χ2v) is 9.52. The average Bonchev–Trinajstić information content (AvgIpc) is 3.07. The summed E-state index contributed by atoms with van der Waals surface area (Å²) in [7, 11) is 1.50. The smallest absolute Gasteiger partial charge is 0.243 e. The van der Waals surface area contributed by atoms with Crippen molar-refractivity contribution in [2.75, 3.05) is 39.8 Å². The Morgan fingerprint density at radius 2 is 1.28 bits per heavy atom. The van der Waals surface area contributed by atoms with Gasteiger partial charge in [0, 0.05) is 32.5 Å². The summed E-state index contributed by atoms with van der Waals surface area (Å²) in [6.07, 6.45) is -4.44. The van der Waals surface area contributed by atoms with Crippen LogP contribution in [-0.2, 0) is 30.4 Å². The molecule has 0 radical (unpaired) electrons. The molecule has 1 aromatic rings. The van der Waals surface area contributed by atoms with Crippen LogP contribution in [0.5, 0.6) is 0 Å². The van der Waals surface area contributed by atoms with Gasteiger partial charge in [-0.3, -0.25) is 24.0 Å². The van der Waals surface area contributed by atoms with Crippen LogP contribution in [0.1, 0.15) is 59.4 Å². The van der Waals surface area contributed by atoms with E-state index in [0.29, 0.717) is 6.54 Å². The summed E-state index contributed by atoms with van der Waals surface area (Å²) in [4.78, 5) is 61.8. The van der Waals surface area contributed by atoms with Crippen molar-refractivity contribution >= 4 is 29.5 Å². The number of hydrogen-bond donors (Lipinski definition) is 10. The molecule has 0 aliphatic rings. The molecule has 1 aromatic carbocycles. The van der Waals surface area contributed by atoms with Gasteiger partial charge >= 0.3 is 0 Å². The Morgan fingerprint density at radius 3 is 1.83 bits per heavy atom. The predicted molar refractivity (Wildman–Crippen MR) is 174 cm³/mol. The van der Waals surface area contributed by atoms with Crippen LogP contribution in [0.15, 0.2) is 30.3 Å². The summed E-state index contributed by atoms with van der Waals surface area (Å²) in [6, 6.07) is 7.11. The van der Waals surface area contributed by atoms with Crippen molar-refractivity contribution in [2.45, 2.75) is 90.7 Å². The Hall–Kier alpha value is -3.63. The van der Waals surface area contributed by atoms with Gasteiger partial charge in [-0.2, -0.15) is 0 Å². The number of aliphatic hydroxyl groups excluding tert-OH is 4. The van der Waals surface area contributed by atoms with Crippen molar-refractivity contribution in [3.63, 3.8) is 0 Å². The predicted octanol–water partition coefficient (Wildman–Crippen LogP) is -1.92. The lowest BCUT2D eigenvalue weighted by molar-refractivity contribution is -0.131. The van der Waals surface area contributed by atoms with E-state index in [4.69, 9.17) is 5.11 Å². The first-order valence-electron chi connectivity index (χ1n) is 15.8. The molecular formula is C31H56N6O9. The van der Waals surface area contributed by atoms with E-state index < -0.39 is 60.6 Å². The van der Waals surface area contributed by atoms with Gasteiger partial charge in [-0.1, -0.05) is 58.0 Å². The first-order chi connectivity index (χ1) is 22.0. The van der Waals surface area contributed by atoms with Gasteiger partial charge in [0.05, 0.1) is 31.3 Å². The van der Waals surface area contributed by atoms with Crippen LogP contribution in [0.3, 0.4) is 0 Å². The minimum absolute atomic E-state index is 0.0421. The monoisotopic (exact) mass is 656 g/mol. The van der Waals surface area contributed by atoms with Crippen LogP contribution in [0, 0.1) is 0 Å². The first kappa shape index (κ1) is 44.5. The van der Waals surface area contributed by atoms with E-state index in [0.717, 1.165) is 5.56 Å². The number of hydrogen-bond acceptors (Lipinski definition) is 10. The third kappa shape index (κ3) is 19.7. The van der Waals surface area contributed by atoms with Crippen LogP contribution < -0.4 is 31.9 Å². The normalized spacial score (nSPS) is 13.4. The highest BCUT2D eigenvalue weighted by atomic mass is 16.4. The number of amides is 5. The molecule has 1 rings (SSSR count). The molecule has 0 spiro atoms. The molecule has 15 nitrogen and oxygen atoms in total. The fourth-order valence-corrected chi connectivity index (χ4v) is 3.81. The van der Waals surface area contributed by atoms with Gasteiger partial charge in [0.1, 0.15) is 12.1 Å². The highest BCUT2D eigenvalue weighted by molar-refractivity contribution is 5.92. The van der Waals surface area contributed by atoms with E-state index in [-0.39, 0.29) is 51.3 Å². The molecule has 5 atom stereocenters. The summed E-state index contributed by atoms with van der Waals surface area (Å²) in [5.41, 5.74) is 0.775. The largest absolute Gasteiger partial charge is 0.396 e. The number of aliphatic hydroxyl groups is 4. The number of benzene rings is 1. The van der Waals surface area contributed by atoms with Gasteiger partial charge in [-0.15, -0.1) is 0 Å². The molecule has 0 aromatic heterocycles. The molecule has 0 fully saturated rings. The van der Waals surface area contributed by atoms with E-state index in [2.05, 4.69) is 31.9 Å². The molecule has 0 heterocycles. The number of carbonyl (C=O) groups excluding carboxylic acids is 5. The molecule has 0 bridgehead atoms. The lowest BCUT2D eigenvalue weighted by atomic mass is 10.1. The summed E-state index contributed by atoms with van der Waals surface area (Å²) >= 11 is 0. The number of carbonyl (C=O) groups is 5. The third-order valence-electron chi connectivity index (χ3n) is 6.20. The molecule has 46 heavy (non-hydrogen) atoms. The van der Waals surface area contributed by atoms with Crippen LogP contribution in [0.25, 0.3) is 0 Å². The Balaban J connectivity index is 0. The van der Waals surface area contributed by atoms with E-state index in [9.17, 15) is 39.3 Å². The van der Waals surface area contributed by atoms with Crippen LogP contribution >= 0.6 is 0 Å². The second kappa shape index (κ2) is 27.7. The van der Waals surface area contributed by atoms with Crippen molar-refractivity contribution in [3.05, 3.63) is 35.9 Å². The van der Waals surface area contributed by atoms with Gasteiger partial charge in [0.2, 0.25) is 29.5 Å². The lowest BCUT2D eigenvalue weighted by Gasteiger charge is -2.23. The van der Waals surface area contributed by atoms with Crippen LogP contribution in [-0.4, -0.2) is 120 Å². The highest BCUT2D eigenvalue weighted by Crippen LogP contribution is 2.05. The molecule has 0 saturated heterocycles. The molecule has 0 saturated carbocycles.